The van der Waals surface area contributed by atoms with Gasteiger partial charge in [0.2, 0.25) is 11.9 Å². The highest BCUT2D eigenvalue weighted by Gasteiger charge is 2.08. The second kappa shape index (κ2) is 4.80. The summed E-state index contributed by atoms with van der Waals surface area (Å²) in [6, 6.07) is 0.223. The molecule has 0 aliphatic carbocycles. The molecule has 1 aromatic rings. The van der Waals surface area contributed by atoms with E-state index in [9.17, 15) is 0 Å². The molecule has 1 rings (SSSR count). The Labute approximate surface area is 83.5 Å². The maximum absolute atomic E-state index is 5.66. The minimum Gasteiger partial charge on any atom is -0.383 e. The quantitative estimate of drug-likeness (QED) is 0.675. The van der Waals surface area contributed by atoms with Crippen molar-refractivity contribution < 1.29 is 4.74 Å². The van der Waals surface area contributed by atoms with Gasteiger partial charge in [-0.25, -0.2) is 4.68 Å². The van der Waals surface area contributed by atoms with Gasteiger partial charge in [0.25, 0.3) is 0 Å². The Kier molecular flexibility index (Phi) is 3.70. The second-order valence-electron chi connectivity index (χ2n) is 3.25. The van der Waals surface area contributed by atoms with Gasteiger partial charge >= 0.3 is 0 Å². The molecule has 6 heteroatoms. The summed E-state index contributed by atoms with van der Waals surface area (Å²) >= 11 is 0. The number of anilines is 2. The monoisotopic (exact) mass is 199 g/mol. The lowest BCUT2D eigenvalue weighted by Crippen LogP contribution is -2.10. The fourth-order valence-electron chi connectivity index (χ4n) is 1.06. The van der Waals surface area contributed by atoms with Gasteiger partial charge in [0.1, 0.15) is 0 Å². The molecule has 0 spiro atoms. The molecule has 0 aliphatic heterocycles. The second-order valence-corrected chi connectivity index (χ2v) is 3.25. The van der Waals surface area contributed by atoms with Crippen LogP contribution in [-0.2, 0) is 4.74 Å². The van der Waals surface area contributed by atoms with Crippen LogP contribution in [-0.4, -0.2) is 35.0 Å². The maximum Gasteiger partial charge on any atom is 0.244 e. The number of nitrogens with two attached hydrogens (primary N) is 1. The molecular formula is C8H17N5O. The molecular weight excluding hydrogens is 182 g/mol. The zero-order valence-electron chi connectivity index (χ0n) is 8.82. The Balaban J connectivity index is 2.57. The number of rotatable bonds is 5. The molecule has 0 saturated heterocycles. The lowest BCUT2D eigenvalue weighted by molar-refractivity contribution is 0.210. The van der Waals surface area contributed by atoms with E-state index in [1.807, 2.05) is 13.8 Å². The predicted molar refractivity (Wildman–Crippen MR) is 55.2 cm³/mol. The van der Waals surface area contributed by atoms with Crippen LogP contribution in [0.25, 0.3) is 0 Å². The van der Waals surface area contributed by atoms with Gasteiger partial charge < -0.3 is 15.8 Å². The maximum atomic E-state index is 5.66. The summed E-state index contributed by atoms with van der Waals surface area (Å²) in [5, 5.41) is 7.21. The summed E-state index contributed by atoms with van der Waals surface area (Å²) in [5.41, 5.74) is 5.66. The van der Waals surface area contributed by atoms with Crippen molar-refractivity contribution in [3.8, 4) is 0 Å². The van der Waals surface area contributed by atoms with Crippen LogP contribution in [0.15, 0.2) is 0 Å². The van der Waals surface area contributed by atoms with Crippen LogP contribution in [0, 0.1) is 0 Å². The number of nitrogen functional groups attached to an aromatic ring is 1. The molecule has 0 unspecified atom stereocenters. The van der Waals surface area contributed by atoms with E-state index in [1.54, 1.807) is 11.8 Å². The molecule has 0 radical (unpaired) electrons. The highest BCUT2D eigenvalue weighted by Crippen LogP contribution is 2.11. The third kappa shape index (κ3) is 2.59. The first-order valence-electron chi connectivity index (χ1n) is 4.60. The molecule has 80 valence electrons. The molecule has 0 amide bonds. The van der Waals surface area contributed by atoms with Crippen LogP contribution < -0.4 is 11.1 Å². The highest BCUT2D eigenvalue weighted by molar-refractivity contribution is 5.31. The van der Waals surface area contributed by atoms with Crippen molar-refractivity contribution in [1.29, 1.82) is 0 Å². The number of hydrogen-bond acceptors (Lipinski definition) is 5. The van der Waals surface area contributed by atoms with Gasteiger partial charge in [0.05, 0.1) is 12.6 Å². The zero-order valence-corrected chi connectivity index (χ0v) is 8.82. The highest BCUT2D eigenvalue weighted by atomic mass is 16.5. The summed E-state index contributed by atoms with van der Waals surface area (Å²) < 4.78 is 6.57. The van der Waals surface area contributed by atoms with E-state index in [0.717, 1.165) is 0 Å². The van der Waals surface area contributed by atoms with Crippen LogP contribution >= 0.6 is 0 Å². The zero-order chi connectivity index (χ0) is 10.6. The first-order valence-corrected chi connectivity index (χ1v) is 4.60. The lowest BCUT2D eigenvalue weighted by Gasteiger charge is -2.04. The van der Waals surface area contributed by atoms with Crippen LogP contribution in [0.4, 0.5) is 11.9 Å². The summed E-state index contributed by atoms with van der Waals surface area (Å²) in [7, 11) is 1.65. The Morgan fingerprint density at radius 2 is 2.29 bits per heavy atom. The van der Waals surface area contributed by atoms with Crippen LogP contribution in [0.5, 0.6) is 0 Å². The standard InChI is InChI=1S/C8H17N5O/c1-6(2)13-7(9)11-8(12-13)10-4-5-14-3/h6H,4-5H2,1-3H3,(H3,9,10,11,12). The Morgan fingerprint density at radius 1 is 1.57 bits per heavy atom. The van der Waals surface area contributed by atoms with Gasteiger partial charge in [0.15, 0.2) is 0 Å². The van der Waals surface area contributed by atoms with Gasteiger partial charge in [-0.1, -0.05) is 0 Å². The van der Waals surface area contributed by atoms with E-state index in [0.29, 0.717) is 25.0 Å². The first kappa shape index (κ1) is 10.8. The van der Waals surface area contributed by atoms with E-state index in [4.69, 9.17) is 10.5 Å². The molecule has 0 bridgehead atoms. The lowest BCUT2D eigenvalue weighted by atomic mass is 10.4. The number of methoxy groups -OCH3 is 1. The fourth-order valence-corrected chi connectivity index (χ4v) is 1.06. The largest absolute Gasteiger partial charge is 0.383 e. The van der Waals surface area contributed by atoms with Gasteiger partial charge in [-0.2, -0.15) is 4.98 Å². The molecule has 3 N–H and O–H groups in total. The molecule has 0 fully saturated rings. The van der Waals surface area contributed by atoms with Crippen molar-refractivity contribution in [1.82, 2.24) is 14.8 Å². The molecule has 0 saturated carbocycles. The smallest absolute Gasteiger partial charge is 0.244 e. The molecule has 1 aromatic heterocycles. The van der Waals surface area contributed by atoms with E-state index < -0.39 is 0 Å². The van der Waals surface area contributed by atoms with Crippen molar-refractivity contribution in [3.05, 3.63) is 0 Å². The molecule has 0 aliphatic rings. The normalized spacial score (nSPS) is 10.9. The number of aromatic nitrogens is 3. The summed E-state index contributed by atoms with van der Waals surface area (Å²) in [4.78, 5) is 4.07. The van der Waals surface area contributed by atoms with Gasteiger partial charge in [0, 0.05) is 13.7 Å². The number of hydrogen-bond donors (Lipinski definition) is 2. The van der Waals surface area contributed by atoms with Gasteiger partial charge in [-0.05, 0) is 13.8 Å². The summed E-state index contributed by atoms with van der Waals surface area (Å²) in [6.45, 7) is 5.31. The Bertz CT molecular complexity index is 283. The third-order valence-electron chi connectivity index (χ3n) is 1.74. The third-order valence-corrected chi connectivity index (χ3v) is 1.74. The first-order chi connectivity index (χ1) is 6.65. The number of nitrogens with zero attached hydrogens (tertiary/aromatic N) is 3. The topological polar surface area (TPSA) is 78.0 Å². The van der Waals surface area contributed by atoms with E-state index in [2.05, 4.69) is 15.4 Å². The number of nitrogens with one attached hydrogen (secondary N) is 1. The molecule has 6 nitrogen and oxygen atoms in total. The van der Waals surface area contributed by atoms with Gasteiger partial charge in [-0.3, -0.25) is 0 Å². The van der Waals surface area contributed by atoms with Crippen LogP contribution in [0.2, 0.25) is 0 Å². The Hall–Kier alpha value is -1.30. The molecule has 0 atom stereocenters. The average molecular weight is 199 g/mol. The van der Waals surface area contributed by atoms with Gasteiger partial charge in [-0.15, -0.1) is 5.10 Å². The number of ether oxygens (including phenoxy) is 1. The van der Waals surface area contributed by atoms with Crippen molar-refractivity contribution in [3.63, 3.8) is 0 Å². The van der Waals surface area contributed by atoms with E-state index in [-0.39, 0.29) is 6.04 Å². The molecule has 0 aromatic carbocycles. The minimum atomic E-state index is 0.223. The minimum absolute atomic E-state index is 0.223. The Morgan fingerprint density at radius 3 is 2.79 bits per heavy atom. The summed E-state index contributed by atoms with van der Waals surface area (Å²) in [5.74, 6) is 0.980. The summed E-state index contributed by atoms with van der Waals surface area (Å²) in [6.07, 6.45) is 0. The molecule has 14 heavy (non-hydrogen) atoms. The average Bonchev–Trinajstić information content (AvgIpc) is 2.47. The van der Waals surface area contributed by atoms with Crippen molar-refractivity contribution >= 4 is 11.9 Å². The fraction of sp³-hybridized carbons (Fsp3) is 0.750. The van der Waals surface area contributed by atoms with Crippen molar-refractivity contribution in [2.24, 2.45) is 0 Å². The van der Waals surface area contributed by atoms with Crippen molar-refractivity contribution in [2.75, 3.05) is 31.3 Å². The van der Waals surface area contributed by atoms with E-state index >= 15 is 0 Å². The molecule has 1 heterocycles. The van der Waals surface area contributed by atoms with Crippen molar-refractivity contribution in [2.45, 2.75) is 19.9 Å². The van der Waals surface area contributed by atoms with Crippen LogP contribution in [0.3, 0.4) is 0 Å². The van der Waals surface area contributed by atoms with E-state index in [1.165, 1.54) is 0 Å². The van der Waals surface area contributed by atoms with Crippen LogP contribution in [0.1, 0.15) is 19.9 Å². The SMILES string of the molecule is COCCNc1nc(N)n(C(C)C)n1. The predicted octanol–water partition coefficient (Wildman–Crippen LogP) is 0.499.